The number of aliphatic hydroxyl groups is 1. The van der Waals surface area contributed by atoms with Crippen molar-refractivity contribution in [1.82, 2.24) is 10.2 Å². The summed E-state index contributed by atoms with van der Waals surface area (Å²) in [5, 5.41) is 12.1. The Bertz CT molecular complexity index is 220. The highest BCUT2D eigenvalue weighted by Crippen LogP contribution is 2.09. The highest BCUT2D eigenvalue weighted by Gasteiger charge is 2.17. The largest absolute Gasteiger partial charge is 0.394 e. The molecule has 1 saturated heterocycles. The number of ether oxygens (including phenoxy) is 1. The quantitative estimate of drug-likeness (QED) is 0.466. The number of nitrogens with one attached hydrogen (secondary N) is 1. The molecule has 0 bridgehead atoms. The van der Waals surface area contributed by atoms with Crippen LogP contribution in [0.3, 0.4) is 0 Å². The second-order valence-electron chi connectivity index (χ2n) is 4.40. The first-order chi connectivity index (χ1) is 8.36. The van der Waals surface area contributed by atoms with Crippen molar-refractivity contribution in [2.24, 2.45) is 0 Å². The van der Waals surface area contributed by atoms with Crippen LogP contribution in [-0.4, -0.2) is 62.0 Å². The maximum Gasteiger partial charge on any atom is 0.0697 e. The van der Waals surface area contributed by atoms with Crippen molar-refractivity contribution in [3.8, 4) is 12.3 Å². The summed E-state index contributed by atoms with van der Waals surface area (Å²) in [6.45, 7) is 5.26. The van der Waals surface area contributed by atoms with Crippen LogP contribution in [0.25, 0.3) is 0 Å². The maximum atomic E-state index is 8.54. The van der Waals surface area contributed by atoms with Crippen LogP contribution in [0, 0.1) is 12.3 Å². The summed E-state index contributed by atoms with van der Waals surface area (Å²) < 4.78 is 5.20. The average Bonchev–Trinajstić information content (AvgIpc) is 2.36. The van der Waals surface area contributed by atoms with Crippen molar-refractivity contribution in [3.05, 3.63) is 0 Å². The van der Waals surface area contributed by atoms with Crippen molar-refractivity contribution >= 4 is 0 Å². The summed E-state index contributed by atoms with van der Waals surface area (Å²) in [4.78, 5) is 2.32. The molecule has 1 aliphatic heterocycles. The fourth-order valence-corrected chi connectivity index (χ4v) is 2.07. The molecule has 0 saturated carbocycles. The van der Waals surface area contributed by atoms with Gasteiger partial charge in [-0.2, -0.15) is 0 Å². The first-order valence-corrected chi connectivity index (χ1v) is 6.44. The molecule has 0 aliphatic carbocycles. The predicted molar refractivity (Wildman–Crippen MR) is 68.8 cm³/mol. The molecule has 1 aliphatic rings. The molecule has 1 heterocycles. The van der Waals surface area contributed by atoms with E-state index in [1.54, 1.807) is 0 Å². The molecule has 0 radical (unpaired) electrons. The van der Waals surface area contributed by atoms with E-state index in [2.05, 4.69) is 16.1 Å². The number of terminal acetylenes is 1. The zero-order valence-electron chi connectivity index (χ0n) is 10.5. The van der Waals surface area contributed by atoms with E-state index in [0.29, 0.717) is 12.6 Å². The molecule has 98 valence electrons. The third-order valence-electron chi connectivity index (χ3n) is 3.04. The highest BCUT2D eigenvalue weighted by atomic mass is 16.5. The number of hydrogen-bond donors (Lipinski definition) is 2. The topological polar surface area (TPSA) is 44.7 Å². The second-order valence-corrected chi connectivity index (χ2v) is 4.40. The van der Waals surface area contributed by atoms with E-state index in [4.69, 9.17) is 16.3 Å². The molecule has 0 aromatic carbocycles. The Kier molecular flexibility index (Phi) is 8.02. The van der Waals surface area contributed by atoms with E-state index in [1.807, 2.05) is 0 Å². The van der Waals surface area contributed by atoms with Crippen LogP contribution >= 0.6 is 0 Å². The van der Waals surface area contributed by atoms with Gasteiger partial charge in [0.15, 0.2) is 0 Å². The third kappa shape index (κ3) is 6.64. The molecule has 0 unspecified atom stereocenters. The van der Waals surface area contributed by atoms with Gasteiger partial charge in [-0.25, -0.2) is 0 Å². The van der Waals surface area contributed by atoms with Crippen LogP contribution in [0.1, 0.15) is 19.3 Å². The highest BCUT2D eigenvalue weighted by molar-refractivity contribution is 4.90. The number of aliphatic hydroxyl groups excluding tert-OH is 1. The number of nitrogens with zero attached hydrogens (tertiary/aromatic N) is 1. The Morgan fingerprint density at radius 3 is 2.76 bits per heavy atom. The summed E-state index contributed by atoms with van der Waals surface area (Å²) in [6.07, 6.45) is 8.66. The Morgan fingerprint density at radius 1 is 1.35 bits per heavy atom. The predicted octanol–water partition coefficient (Wildman–Crippen LogP) is 0.0726. The summed E-state index contributed by atoms with van der Waals surface area (Å²) in [7, 11) is 0. The van der Waals surface area contributed by atoms with Gasteiger partial charge in [0.2, 0.25) is 0 Å². The van der Waals surface area contributed by atoms with E-state index in [-0.39, 0.29) is 6.61 Å². The van der Waals surface area contributed by atoms with Crippen molar-refractivity contribution in [3.63, 3.8) is 0 Å². The first-order valence-electron chi connectivity index (χ1n) is 6.44. The van der Waals surface area contributed by atoms with E-state index >= 15 is 0 Å². The zero-order valence-corrected chi connectivity index (χ0v) is 10.5. The van der Waals surface area contributed by atoms with E-state index in [0.717, 1.165) is 39.2 Å². The molecule has 0 aromatic heterocycles. The molecule has 17 heavy (non-hydrogen) atoms. The molecule has 1 rings (SSSR count). The minimum atomic E-state index is 0.112. The van der Waals surface area contributed by atoms with Gasteiger partial charge in [0.25, 0.3) is 0 Å². The monoisotopic (exact) mass is 240 g/mol. The Balaban J connectivity index is 1.94. The minimum Gasteiger partial charge on any atom is -0.394 e. The lowest BCUT2D eigenvalue weighted by Gasteiger charge is -2.31. The number of likely N-dealkylation sites (tertiary alicyclic amines) is 1. The van der Waals surface area contributed by atoms with Crippen LogP contribution in [0.2, 0.25) is 0 Å². The summed E-state index contributed by atoms with van der Waals surface area (Å²) >= 11 is 0. The smallest absolute Gasteiger partial charge is 0.0697 e. The van der Waals surface area contributed by atoms with Gasteiger partial charge in [-0.15, -0.1) is 6.42 Å². The van der Waals surface area contributed by atoms with Crippen LogP contribution < -0.4 is 5.32 Å². The molecule has 0 atom stereocenters. The van der Waals surface area contributed by atoms with Crippen molar-refractivity contribution in [2.45, 2.75) is 25.3 Å². The van der Waals surface area contributed by atoms with Crippen LogP contribution in [-0.2, 0) is 4.74 Å². The van der Waals surface area contributed by atoms with Crippen LogP contribution in [0.4, 0.5) is 0 Å². The minimum absolute atomic E-state index is 0.112. The first kappa shape index (κ1) is 14.5. The lowest BCUT2D eigenvalue weighted by atomic mass is 10.1. The SMILES string of the molecule is C#CCN1CCC(NCCCOCCO)CC1. The van der Waals surface area contributed by atoms with E-state index < -0.39 is 0 Å². The van der Waals surface area contributed by atoms with Gasteiger partial charge in [0.1, 0.15) is 0 Å². The van der Waals surface area contributed by atoms with Crippen molar-refractivity contribution in [1.29, 1.82) is 0 Å². The molecule has 1 fully saturated rings. The number of piperidine rings is 1. The number of rotatable bonds is 8. The summed E-state index contributed by atoms with van der Waals surface area (Å²) in [6, 6.07) is 0.627. The van der Waals surface area contributed by atoms with Gasteiger partial charge < -0.3 is 15.2 Å². The average molecular weight is 240 g/mol. The normalized spacial score (nSPS) is 18.1. The van der Waals surface area contributed by atoms with Gasteiger partial charge >= 0.3 is 0 Å². The number of hydrogen-bond acceptors (Lipinski definition) is 4. The van der Waals surface area contributed by atoms with Crippen LogP contribution in [0.5, 0.6) is 0 Å². The molecule has 4 heteroatoms. The third-order valence-corrected chi connectivity index (χ3v) is 3.04. The van der Waals surface area contributed by atoms with Gasteiger partial charge in [0.05, 0.1) is 19.8 Å². The Hall–Kier alpha value is -0.600. The maximum absolute atomic E-state index is 8.54. The molecule has 0 aromatic rings. The van der Waals surface area contributed by atoms with Gasteiger partial charge in [-0.1, -0.05) is 5.92 Å². The summed E-state index contributed by atoms with van der Waals surface area (Å²) in [5.74, 6) is 2.69. The molecule has 4 nitrogen and oxygen atoms in total. The fraction of sp³-hybridized carbons (Fsp3) is 0.846. The lowest BCUT2D eigenvalue weighted by Crippen LogP contribution is -2.42. The second kappa shape index (κ2) is 9.43. The zero-order chi connectivity index (χ0) is 12.3. The molecular formula is C13H24N2O2. The van der Waals surface area contributed by atoms with E-state index in [1.165, 1.54) is 12.8 Å². The molecular weight excluding hydrogens is 216 g/mol. The van der Waals surface area contributed by atoms with Gasteiger partial charge in [0, 0.05) is 25.7 Å². The molecule has 2 N–H and O–H groups in total. The summed E-state index contributed by atoms with van der Waals surface area (Å²) in [5.41, 5.74) is 0. The van der Waals surface area contributed by atoms with Gasteiger partial charge in [-0.3, -0.25) is 4.90 Å². The molecule has 0 spiro atoms. The van der Waals surface area contributed by atoms with Crippen molar-refractivity contribution in [2.75, 3.05) is 46.0 Å². The van der Waals surface area contributed by atoms with Crippen molar-refractivity contribution < 1.29 is 9.84 Å². The van der Waals surface area contributed by atoms with Gasteiger partial charge in [-0.05, 0) is 25.8 Å². The Morgan fingerprint density at radius 2 is 2.12 bits per heavy atom. The molecule has 0 amide bonds. The fourth-order valence-electron chi connectivity index (χ4n) is 2.07. The van der Waals surface area contributed by atoms with E-state index in [9.17, 15) is 0 Å². The Labute approximate surface area is 104 Å². The standard InChI is InChI=1S/C13H24N2O2/c1-2-7-15-8-4-13(5-9-15)14-6-3-11-17-12-10-16/h1,13-14,16H,3-12H2. The van der Waals surface area contributed by atoms with Crippen LogP contribution in [0.15, 0.2) is 0 Å². The lowest BCUT2D eigenvalue weighted by molar-refractivity contribution is 0.0898.